The monoisotopic (exact) mass is 357 g/mol. The Hall–Kier alpha value is -3.02. The number of carbonyl (C=O) groups excluding carboxylic acids is 2. The molecule has 0 aromatic heterocycles. The molecular weight excluding hydrogens is 334 g/mol. The van der Waals surface area contributed by atoms with E-state index in [0.717, 1.165) is 11.1 Å². The third-order valence-corrected chi connectivity index (χ3v) is 3.80. The van der Waals surface area contributed by atoms with Crippen LogP contribution < -0.4 is 14.8 Å². The fraction of sp³-hybridized carbons (Fsp3) is 0.300. The predicted molar refractivity (Wildman–Crippen MR) is 97.0 cm³/mol. The SMILES string of the molecule is COc1ccc([C@H](CC(=O)OCc2cccc(OC)c2)NC(C)=O)cc1. The number of methoxy groups -OCH3 is 2. The molecule has 6 heteroatoms. The normalized spacial score (nSPS) is 11.3. The van der Waals surface area contributed by atoms with Gasteiger partial charge in [-0.25, -0.2) is 0 Å². The van der Waals surface area contributed by atoms with Crippen LogP contribution in [0.2, 0.25) is 0 Å². The van der Waals surface area contributed by atoms with Crippen molar-refractivity contribution in [3.8, 4) is 11.5 Å². The molecule has 1 amide bonds. The van der Waals surface area contributed by atoms with Crippen molar-refractivity contribution in [2.45, 2.75) is 26.0 Å². The zero-order valence-electron chi connectivity index (χ0n) is 15.2. The average Bonchev–Trinajstić information content (AvgIpc) is 2.65. The molecule has 1 atom stereocenters. The number of amides is 1. The standard InChI is InChI=1S/C20H23NO5/c1-14(22)21-19(16-7-9-17(24-2)10-8-16)12-20(23)26-13-15-5-4-6-18(11-15)25-3/h4-11,19H,12-13H2,1-3H3,(H,21,22)/t19-/m0/s1. The molecule has 2 aromatic carbocycles. The van der Waals surface area contributed by atoms with E-state index in [1.165, 1.54) is 6.92 Å². The predicted octanol–water partition coefficient (Wildman–Crippen LogP) is 3.01. The summed E-state index contributed by atoms with van der Waals surface area (Å²) >= 11 is 0. The van der Waals surface area contributed by atoms with Crippen LogP contribution in [0.25, 0.3) is 0 Å². The maximum Gasteiger partial charge on any atom is 0.308 e. The Morgan fingerprint density at radius 2 is 1.69 bits per heavy atom. The van der Waals surface area contributed by atoms with Crippen LogP contribution in [0.3, 0.4) is 0 Å². The Morgan fingerprint density at radius 1 is 1.00 bits per heavy atom. The highest BCUT2D eigenvalue weighted by Crippen LogP contribution is 2.21. The molecule has 0 aliphatic heterocycles. The summed E-state index contributed by atoms with van der Waals surface area (Å²) in [7, 11) is 3.16. The highest BCUT2D eigenvalue weighted by atomic mass is 16.5. The Kier molecular flexibility index (Phi) is 7.02. The fourth-order valence-corrected chi connectivity index (χ4v) is 2.49. The van der Waals surface area contributed by atoms with Gasteiger partial charge in [0, 0.05) is 6.92 Å². The van der Waals surface area contributed by atoms with Gasteiger partial charge in [-0.2, -0.15) is 0 Å². The average molecular weight is 357 g/mol. The highest BCUT2D eigenvalue weighted by Gasteiger charge is 2.18. The van der Waals surface area contributed by atoms with E-state index in [1.54, 1.807) is 26.4 Å². The number of rotatable bonds is 8. The molecule has 26 heavy (non-hydrogen) atoms. The van der Waals surface area contributed by atoms with Gasteiger partial charge in [0.2, 0.25) is 5.91 Å². The van der Waals surface area contributed by atoms with Gasteiger partial charge in [0.15, 0.2) is 0 Å². The maximum absolute atomic E-state index is 12.2. The van der Waals surface area contributed by atoms with Crippen LogP contribution in [0.5, 0.6) is 11.5 Å². The van der Waals surface area contributed by atoms with E-state index in [-0.39, 0.29) is 18.9 Å². The molecule has 0 fully saturated rings. The molecule has 0 aliphatic carbocycles. The second-order valence-corrected chi connectivity index (χ2v) is 5.74. The van der Waals surface area contributed by atoms with Crippen LogP contribution in [0.1, 0.15) is 30.5 Å². The van der Waals surface area contributed by atoms with E-state index < -0.39 is 12.0 Å². The molecule has 0 aliphatic rings. The van der Waals surface area contributed by atoms with Crippen molar-refractivity contribution >= 4 is 11.9 Å². The summed E-state index contributed by atoms with van der Waals surface area (Å²) in [4.78, 5) is 23.7. The molecule has 0 bridgehead atoms. The number of hydrogen-bond acceptors (Lipinski definition) is 5. The van der Waals surface area contributed by atoms with Crippen LogP contribution in [-0.4, -0.2) is 26.1 Å². The molecule has 0 spiro atoms. The Balaban J connectivity index is 1.99. The van der Waals surface area contributed by atoms with E-state index in [4.69, 9.17) is 14.2 Å². The summed E-state index contributed by atoms with van der Waals surface area (Å²) in [6.07, 6.45) is 0.0376. The summed E-state index contributed by atoms with van der Waals surface area (Å²) in [5.41, 5.74) is 1.64. The van der Waals surface area contributed by atoms with Crippen LogP contribution in [0.15, 0.2) is 48.5 Å². The molecule has 0 unspecified atom stereocenters. The van der Waals surface area contributed by atoms with Crippen LogP contribution in [0, 0.1) is 0 Å². The second-order valence-electron chi connectivity index (χ2n) is 5.74. The van der Waals surface area contributed by atoms with E-state index >= 15 is 0 Å². The van der Waals surface area contributed by atoms with Crippen molar-refractivity contribution in [1.29, 1.82) is 0 Å². The molecule has 2 rings (SSSR count). The summed E-state index contributed by atoms with van der Waals surface area (Å²) < 4.78 is 15.6. The fourth-order valence-electron chi connectivity index (χ4n) is 2.49. The number of benzene rings is 2. The molecule has 1 N–H and O–H groups in total. The lowest BCUT2D eigenvalue weighted by atomic mass is 10.0. The highest BCUT2D eigenvalue weighted by molar-refractivity contribution is 5.76. The minimum atomic E-state index is -0.462. The van der Waals surface area contributed by atoms with Crippen LogP contribution >= 0.6 is 0 Å². The van der Waals surface area contributed by atoms with Gasteiger partial charge in [0.1, 0.15) is 18.1 Å². The van der Waals surface area contributed by atoms with Gasteiger partial charge in [-0.05, 0) is 35.4 Å². The lowest BCUT2D eigenvalue weighted by Gasteiger charge is -2.18. The third kappa shape index (κ3) is 5.81. The molecule has 138 valence electrons. The van der Waals surface area contributed by atoms with Gasteiger partial charge >= 0.3 is 5.97 Å². The van der Waals surface area contributed by atoms with E-state index in [1.807, 2.05) is 36.4 Å². The first-order valence-corrected chi connectivity index (χ1v) is 8.21. The molecule has 6 nitrogen and oxygen atoms in total. The topological polar surface area (TPSA) is 73.9 Å². The van der Waals surface area contributed by atoms with Gasteiger partial charge in [-0.15, -0.1) is 0 Å². The van der Waals surface area contributed by atoms with E-state index in [0.29, 0.717) is 11.5 Å². The first kappa shape index (κ1) is 19.3. The Bertz CT molecular complexity index is 742. The number of nitrogens with one attached hydrogen (secondary N) is 1. The maximum atomic E-state index is 12.2. The molecule has 0 saturated carbocycles. The largest absolute Gasteiger partial charge is 0.497 e. The Morgan fingerprint density at radius 3 is 2.31 bits per heavy atom. The van der Waals surface area contributed by atoms with Crippen molar-refractivity contribution in [2.24, 2.45) is 0 Å². The third-order valence-electron chi connectivity index (χ3n) is 3.80. The first-order chi connectivity index (χ1) is 12.5. The van der Waals surface area contributed by atoms with Gasteiger partial charge < -0.3 is 19.5 Å². The number of hydrogen-bond donors (Lipinski definition) is 1. The quantitative estimate of drug-likeness (QED) is 0.735. The van der Waals surface area contributed by atoms with Gasteiger partial charge in [-0.1, -0.05) is 24.3 Å². The molecule has 0 saturated heterocycles. The van der Waals surface area contributed by atoms with Crippen molar-refractivity contribution < 1.29 is 23.8 Å². The van der Waals surface area contributed by atoms with Gasteiger partial charge in [-0.3, -0.25) is 9.59 Å². The van der Waals surface area contributed by atoms with E-state index in [9.17, 15) is 9.59 Å². The number of carbonyl (C=O) groups is 2. The van der Waals surface area contributed by atoms with Gasteiger partial charge in [0.05, 0.1) is 26.7 Å². The summed E-state index contributed by atoms with van der Waals surface area (Å²) in [6, 6.07) is 14.0. The zero-order valence-corrected chi connectivity index (χ0v) is 15.2. The molecule has 0 heterocycles. The van der Waals surface area contributed by atoms with Crippen molar-refractivity contribution in [3.05, 3.63) is 59.7 Å². The lowest BCUT2D eigenvalue weighted by Crippen LogP contribution is -2.28. The second kappa shape index (κ2) is 9.46. The number of ether oxygens (including phenoxy) is 3. The zero-order chi connectivity index (χ0) is 18.9. The Labute approximate surface area is 153 Å². The smallest absolute Gasteiger partial charge is 0.308 e. The first-order valence-electron chi connectivity index (χ1n) is 8.21. The minimum Gasteiger partial charge on any atom is -0.497 e. The molecule has 0 radical (unpaired) electrons. The summed E-state index contributed by atoms with van der Waals surface area (Å²) in [5, 5.41) is 2.78. The molecular formula is C20H23NO5. The lowest BCUT2D eigenvalue weighted by molar-refractivity contribution is -0.145. The molecule has 2 aromatic rings. The van der Waals surface area contributed by atoms with Crippen molar-refractivity contribution in [3.63, 3.8) is 0 Å². The summed E-state index contributed by atoms with van der Waals surface area (Å²) in [5.74, 6) is 0.789. The van der Waals surface area contributed by atoms with Crippen LogP contribution in [-0.2, 0) is 20.9 Å². The van der Waals surface area contributed by atoms with Gasteiger partial charge in [0.25, 0.3) is 0 Å². The minimum absolute atomic E-state index is 0.0376. The van der Waals surface area contributed by atoms with Crippen molar-refractivity contribution in [1.82, 2.24) is 5.32 Å². The van der Waals surface area contributed by atoms with Crippen molar-refractivity contribution in [2.75, 3.05) is 14.2 Å². The summed E-state index contributed by atoms with van der Waals surface area (Å²) in [6.45, 7) is 1.56. The number of esters is 1. The van der Waals surface area contributed by atoms with E-state index in [2.05, 4.69) is 5.32 Å². The van der Waals surface area contributed by atoms with Crippen LogP contribution in [0.4, 0.5) is 0 Å².